The van der Waals surface area contributed by atoms with E-state index in [1.165, 1.54) is 38.7 Å². The van der Waals surface area contributed by atoms with Crippen LogP contribution in [0.25, 0.3) is 0 Å². The second-order valence-corrected chi connectivity index (χ2v) is 38.2. The van der Waals surface area contributed by atoms with Gasteiger partial charge in [0.15, 0.2) is 53.1 Å². The Morgan fingerprint density at radius 1 is 0.488 bits per heavy atom. The van der Waals surface area contributed by atoms with Crippen molar-refractivity contribution in [3.8, 4) is 0 Å². The van der Waals surface area contributed by atoms with Crippen molar-refractivity contribution in [2.75, 3.05) is 75.3 Å². The van der Waals surface area contributed by atoms with E-state index >= 15 is 0 Å². The van der Waals surface area contributed by atoms with E-state index in [2.05, 4.69) is 33.2 Å². The van der Waals surface area contributed by atoms with Crippen LogP contribution in [0.3, 0.4) is 0 Å². The number of nitrogens with zero attached hydrogens (tertiary/aromatic N) is 5. The molecule has 0 aromatic heterocycles. The number of aliphatic hydroxyl groups excluding tert-OH is 4. The number of nitrogens with one attached hydrogen (secondary N) is 1. The van der Waals surface area contributed by atoms with Gasteiger partial charge < -0.3 is 40.3 Å². The third kappa shape index (κ3) is 15.7. The molecule has 18 rings (SSSR count). The van der Waals surface area contributed by atoms with E-state index in [1.54, 1.807) is 57.6 Å². The van der Waals surface area contributed by atoms with E-state index in [0.717, 1.165) is 67.4 Å². The number of hydroxylamine groups is 5. The van der Waals surface area contributed by atoms with Crippen LogP contribution in [0.5, 0.6) is 0 Å². The number of fused-ring (bicyclic) bond motifs is 21. The number of para-hydroxylation sites is 3. The van der Waals surface area contributed by atoms with Crippen molar-refractivity contribution in [2.45, 2.75) is 182 Å². The number of aliphatic hydroxyl groups is 4. The fourth-order valence-electron chi connectivity index (χ4n) is 27.0. The summed E-state index contributed by atoms with van der Waals surface area (Å²) in [4.78, 5) is 162. The van der Waals surface area contributed by atoms with E-state index in [-0.39, 0.29) is 181 Å². The molecule has 0 unspecified atom stereocenters. The molecule has 3 aliphatic heterocycles. The summed E-state index contributed by atoms with van der Waals surface area (Å²) in [6, 6.07) is 26.9. The zero-order valence-electron chi connectivity index (χ0n) is 72.1. The number of hydrogen-bond donors (Lipinski definition) is 5. The summed E-state index contributed by atoms with van der Waals surface area (Å²) in [5.74, 6) is -2.16. The molecule has 27 nitrogen and oxygen atoms in total. The van der Waals surface area contributed by atoms with Gasteiger partial charge >= 0.3 is 58.9 Å². The molecule has 0 spiro atoms. The van der Waals surface area contributed by atoms with Gasteiger partial charge in [0.2, 0.25) is 11.6 Å². The number of allylic oxidation sites excluding steroid dienone is 12. The summed E-state index contributed by atoms with van der Waals surface area (Å²) in [5.41, 5.74) is 1.14. The summed E-state index contributed by atoms with van der Waals surface area (Å²) >= 11 is 5.25. The van der Waals surface area contributed by atoms with Gasteiger partial charge in [0.1, 0.15) is 6.61 Å². The monoisotopic (exact) mass is 1750 g/mol. The number of rotatable bonds is 11. The Balaban J connectivity index is 0.000000170. The molecule has 3 saturated heterocycles. The maximum Gasteiger partial charge on any atom is 1.00 e. The summed E-state index contributed by atoms with van der Waals surface area (Å²) in [6.07, 6.45) is 21.9. The number of ether oxygens (including phenoxy) is 2. The number of benzene rings is 3. The Morgan fingerprint density at radius 3 is 1.13 bits per heavy atom. The topological polar surface area (TPSA) is 373 Å². The second-order valence-electron chi connectivity index (χ2n) is 37.9. The van der Waals surface area contributed by atoms with Gasteiger partial charge in [-0.3, -0.25) is 67.5 Å². The van der Waals surface area contributed by atoms with Crippen molar-refractivity contribution in [3.05, 3.63) is 162 Å². The Hall–Kier alpha value is -8.00. The van der Waals surface area contributed by atoms with Gasteiger partial charge in [-0.25, -0.2) is 25.2 Å². The smallest absolute Gasteiger partial charge is 0.870 e. The molecule has 125 heavy (non-hydrogen) atoms. The SMILES string of the molecule is C.C.CC(=O)OCC(=O)[C@@]12ON(C(=O)N(C)c3ccccc3)C[C@@H]1C[C@H]1[C@@H]3CCC4=CC(=O)C=C[C@]4(C)[C@H]3[C@@H](O)C[C@@]12C.CC(=O)OCC(=O)[C@@]12ONC[C@@H]1C[C@H]1[C@@H]3CCC4=CC(=O)C=C[C@]4(C)[C@H]3[C@@H](O)C[C@@]12C.CN(C(=O)Cl)c1ccccc1.CN(C(=O)N1C[C@@H]2C[C@H]3[C@@H]4CCC5=CC(=O)C=C[C@]5(C)[C@H]4[C@@H](O)C[C@]3(C)[C@]2(C(=O)CO)O1)c1ccccc1.[Na+].[OH-]. The molecule has 0 radical (unpaired) electrons. The van der Waals surface area contributed by atoms with Gasteiger partial charge in [-0.15, -0.1) is 0 Å². The minimum absolute atomic E-state index is 0. The normalized spacial score (nSPS) is 37.8. The number of anilines is 3. The first-order chi connectivity index (χ1) is 57.3. The van der Waals surface area contributed by atoms with Crippen molar-refractivity contribution in [3.63, 3.8) is 0 Å². The number of ketones is 6. The Kier molecular flexibility index (Phi) is 28.5. The first-order valence-corrected chi connectivity index (χ1v) is 43.0. The molecule has 9 saturated carbocycles. The summed E-state index contributed by atoms with van der Waals surface area (Å²) < 4.78 is 10.3. The summed E-state index contributed by atoms with van der Waals surface area (Å²) in [7, 11) is 4.97. The first kappa shape index (κ1) is 97.6. The van der Waals surface area contributed by atoms with Crippen LogP contribution in [0.15, 0.2) is 162 Å². The van der Waals surface area contributed by atoms with E-state index < -0.39 is 105 Å². The molecule has 670 valence electrons. The van der Waals surface area contributed by atoms with Crippen LogP contribution in [0.1, 0.15) is 147 Å². The molecule has 3 aromatic rings. The molecular weight excluding hydrogens is 1630 g/mol. The molecule has 12 fully saturated rings. The summed E-state index contributed by atoms with van der Waals surface area (Å²) in [6.45, 7) is 14.6. The minimum atomic E-state index is -1.43. The number of carbonyl (C=O) groups excluding carboxylic acids is 11. The minimum Gasteiger partial charge on any atom is -0.870 e. The average molecular weight is 1750 g/mol. The molecule has 12 aliphatic carbocycles. The first-order valence-electron chi connectivity index (χ1n) is 42.7. The standard InChI is InChI=1S/C32H38N2O7.C30H36N2O6.C24H31NO6.C8H8ClNO.2CH4.Na.H2O/c1-19(35)40-18-27(38)32-21(17-34(41-32)29(39)33(4)22-8-6-5-7-9-22)15-25-24-11-10-20-14-23(36)12-13-30(20,2)28(24)26(37)16-31(25,32)3;1-28-12-11-21(34)13-18(28)9-10-22-23-14-19-16-32(27(37)31(3)20-7-5-4-6-8-20)38-30(19,25(36)17-33)29(23,2)15-24(35)26(22)28;1-13(26)30-12-20(29)24-15(11-25-31-24)9-18-17-5-4-14-8-16(27)6-7-22(14,2)21(17)19(28)10-23(18,24)3;1-10(8(9)11)7-5-3-2-4-6-7;;;;/h5-9,12-14,21,24-26,28,37H,10-11,15-18H2,1-4H3;4-8,11-13,19,22-24,26,33,35H,9-10,14-17H2,1-3H3;6-8,15,17-19,21,25,28H,4-5,9-12H2,1-3H3;2-6H,1H3;2*1H4;;1H2/q;;;;;;+1;/p-1/t21-,24-,25-,26-,28+,30-,31-,32-;19-,22-,23-,24-,26+,28-,29-,30-;15-,17-,18-,19-,21+,22-,23-,24-;;;;;/m000...../s1. The predicted molar refractivity (Wildman–Crippen MR) is 461 cm³/mol. The number of urea groups is 2. The van der Waals surface area contributed by atoms with Crippen LogP contribution in [0.2, 0.25) is 0 Å². The predicted octanol–water partition coefficient (Wildman–Crippen LogP) is 9.64. The Morgan fingerprint density at radius 2 is 0.800 bits per heavy atom. The van der Waals surface area contributed by atoms with Gasteiger partial charge in [0.25, 0.3) is 0 Å². The number of amides is 5. The molecule has 5 amide bonds. The van der Waals surface area contributed by atoms with Crippen molar-refractivity contribution in [1.29, 1.82) is 0 Å². The summed E-state index contributed by atoms with van der Waals surface area (Å²) in [5, 5.41) is 47.3. The number of Topliss-reactive ketones (excluding diaryl/α,β-unsaturated/α-hetero) is 3. The van der Waals surface area contributed by atoms with Crippen molar-refractivity contribution in [2.24, 2.45) is 104 Å². The van der Waals surface area contributed by atoms with E-state index in [1.807, 2.05) is 123 Å². The van der Waals surface area contributed by atoms with Gasteiger partial charge in [0.05, 0.1) is 31.4 Å². The largest absolute Gasteiger partial charge is 1.00 e. The number of halogens is 1. The third-order valence-electron chi connectivity index (χ3n) is 32.3. The fourth-order valence-corrected chi connectivity index (χ4v) is 27.1. The van der Waals surface area contributed by atoms with Gasteiger partial charge in [-0.05, 0) is 197 Å². The van der Waals surface area contributed by atoms with Gasteiger partial charge in [-0.2, -0.15) is 0 Å². The van der Waals surface area contributed by atoms with Crippen LogP contribution in [0.4, 0.5) is 31.4 Å². The Labute approximate surface area is 759 Å². The van der Waals surface area contributed by atoms with Crippen molar-refractivity contribution >= 4 is 92.7 Å². The van der Waals surface area contributed by atoms with Crippen LogP contribution >= 0.6 is 11.6 Å². The molecule has 6 N–H and O–H groups in total. The van der Waals surface area contributed by atoms with E-state index in [4.69, 9.17) is 35.6 Å². The van der Waals surface area contributed by atoms with Gasteiger partial charge in [-0.1, -0.05) is 146 Å². The maximum absolute atomic E-state index is 14.1. The molecule has 29 heteroatoms. The van der Waals surface area contributed by atoms with Gasteiger partial charge in [0, 0.05) is 127 Å². The number of carbonyl (C=O) groups is 11. The van der Waals surface area contributed by atoms with Crippen LogP contribution in [-0.2, 0) is 62.3 Å². The third-order valence-corrected chi connectivity index (χ3v) is 32.5. The van der Waals surface area contributed by atoms with Crippen molar-refractivity contribution < 1.29 is 132 Å². The van der Waals surface area contributed by atoms with Crippen LogP contribution in [-0.4, -0.2) is 196 Å². The number of hydrogen-bond acceptors (Lipinski definition) is 22. The molecule has 3 aromatic carbocycles. The second kappa shape index (κ2) is 36.5. The van der Waals surface area contributed by atoms with E-state index in [9.17, 15) is 73.2 Å². The van der Waals surface area contributed by atoms with Crippen LogP contribution in [0, 0.1) is 104 Å². The molecular formula is C96H122ClN6NaO21. The van der Waals surface area contributed by atoms with E-state index in [0.29, 0.717) is 50.0 Å². The number of esters is 2. The molecule has 0 bridgehead atoms. The quantitative estimate of drug-likeness (QED) is 0.0516. The fraction of sp³-hybridized carbons (Fsp3) is 0.573. The zero-order chi connectivity index (χ0) is 86.8. The molecule has 15 aliphatic rings. The molecule has 3 heterocycles. The molecule has 24 atom stereocenters. The average Bonchev–Trinajstić information content (AvgIpc) is 1.51. The van der Waals surface area contributed by atoms with Crippen LogP contribution < -0.4 is 49.7 Å². The maximum atomic E-state index is 14.1. The zero-order valence-corrected chi connectivity index (χ0v) is 74.9. The van der Waals surface area contributed by atoms with Crippen molar-refractivity contribution in [1.82, 2.24) is 15.6 Å². The Bertz CT molecular complexity index is 4890.